The fourth-order valence-corrected chi connectivity index (χ4v) is 3.14. The fourth-order valence-electron chi connectivity index (χ4n) is 3.14. The molecule has 2 amide bonds. The van der Waals surface area contributed by atoms with Crippen LogP contribution in [-0.4, -0.2) is 35.7 Å². The summed E-state index contributed by atoms with van der Waals surface area (Å²) in [4.78, 5) is 26.2. The van der Waals surface area contributed by atoms with Gasteiger partial charge in [-0.2, -0.15) is 0 Å². The topological polar surface area (TPSA) is 97.6 Å². The molecule has 1 aliphatic heterocycles. The molecule has 0 spiro atoms. The quantitative estimate of drug-likeness (QED) is 0.712. The number of rotatable bonds is 5. The lowest BCUT2D eigenvalue weighted by Gasteiger charge is -2.16. The summed E-state index contributed by atoms with van der Waals surface area (Å²) in [6, 6.07) is 12.6. The van der Waals surface area contributed by atoms with Crippen molar-refractivity contribution in [2.24, 2.45) is 0 Å². The van der Waals surface area contributed by atoms with Crippen molar-refractivity contribution in [1.29, 1.82) is 0 Å². The molecule has 1 aromatic heterocycles. The normalized spacial score (nSPS) is 16.1. The monoisotopic (exact) mass is 396 g/mol. The number of nitrogens with one attached hydrogen (secondary N) is 1. The molecule has 0 radical (unpaired) electrons. The van der Waals surface area contributed by atoms with Crippen molar-refractivity contribution in [3.05, 3.63) is 65.8 Å². The zero-order valence-corrected chi connectivity index (χ0v) is 15.5. The second-order valence-corrected chi connectivity index (χ2v) is 6.48. The molecule has 0 bridgehead atoms. The van der Waals surface area contributed by atoms with Crippen molar-refractivity contribution < 1.29 is 23.1 Å². The van der Waals surface area contributed by atoms with E-state index in [-0.39, 0.29) is 35.7 Å². The summed E-state index contributed by atoms with van der Waals surface area (Å²) in [5.74, 6) is -0.796. The van der Waals surface area contributed by atoms with Crippen LogP contribution in [0.15, 0.2) is 52.9 Å². The van der Waals surface area contributed by atoms with E-state index in [2.05, 4.69) is 15.5 Å². The van der Waals surface area contributed by atoms with Gasteiger partial charge in [0.05, 0.1) is 18.6 Å². The Kier molecular flexibility index (Phi) is 4.94. The largest absolute Gasteiger partial charge is 0.497 e. The predicted octanol–water partition coefficient (Wildman–Crippen LogP) is 2.99. The molecule has 1 unspecified atom stereocenters. The van der Waals surface area contributed by atoms with E-state index in [4.69, 9.17) is 9.15 Å². The Morgan fingerprint density at radius 2 is 1.97 bits per heavy atom. The molecule has 8 nitrogen and oxygen atoms in total. The number of hydrogen-bond acceptors (Lipinski definition) is 6. The Balaban J connectivity index is 1.45. The van der Waals surface area contributed by atoms with Gasteiger partial charge in [-0.25, -0.2) is 4.39 Å². The van der Waals surface area contributed by atoms with E-state index in [9.17, 15) is 14.0 Å². The summed E-state index contributed by atoms with van der Waals surface area (Å²) < 4.78 is 24.3. The van der Waals surface area contributed by atoms with Gasteiger partial charge in [0.2, 0.25) is 11.8 Å². The summed E-state index contributed by atoms with van der Waals surface area (Å²) >= 11 is 0. The Bertz CT molecular complexity index is 1050. The van der Waals surface area contributed by atoms with Crippen LogP contribution in [0.1, 0.15) is 28.6 Å². The van der Waals surface area contributed by atoms with Crippen LogP contribution in [0.4, 0.5) is 16.1 Å². The minimum atomic E-state index is -0.694. The van der Waals surface area contributed by atoms with Gasteiger partial charge in [-0.1, -0.05) is 17.2 Å². The minimum Gasteiger partial charge on any atom is -0.497 e. The third-order valence-electron chi connectivity index (χ3n) is 4.64. The molecule has 1 atom stereocenters. The van der Waals surface area contributed by atoms with Gasteiger partial charge in [-0.3, -0.25) is 14.9 Å². The molecular formula is C20H17FN4O4. The lowest BCUT2D eigenvalue weighted by atomic mass is 10.1. The first kappa shape index (κ1) is 18.6. The second kappa shape index (κ2) is 7.70. The van der Waals surface area contributed by atoms with Crippen molar-refractivity contribution in [2.45, 2.75) is 12.3 Å². The first-order chi connectivity index (χ1) is 14.0. The molecule has 1 aliphatic rings. The standard InChI is InChI=1S/C20H17FN4O4/c1-28-14-8-6-13(7-9-14)25-11-12(10-17(25)26)19-23-24-20(29-19)22-18(27)15-4-2-3-5-16(15)21/h2-9,12H,10-11H2,1H3,(H,22,24,27). The summed E-state index contributed by atoms with van der Waals surface area (Å²) in [7, 11) is 1.57. The van der Waals surface area contributed by atoms with Crippen LogP contribution in [0.2, 0.25) is 0 Å². The molecule has 0 saturated carbocycles. The van der Waals surface area contributed by atoms with Crippen LogP contribution in [-0.2, 0) is 4.79 Å². The lowest BCUT2D eigenvalue weighted by molar-refractivity contribution is -0.117. The van der Waals surface area contributed by atoms with E-state index in [1.54, 1.807) is 42.3 Å². The number of amides is 2. The zero-order valence-electron chi connectivity index (χ0n) is 15.5. The molecule has 148 valence electrons. The summed E-state index contributed by atoms with van der Waals surface area (Å²) in [5.41, 5.74) is 0.611. The maximum absolute atomic E-state index is 13.7. The van der Waals surface area contributed by atoms with Crippen LogP contribution < -0.4 is 15.0 Å². The van der Waals surface area contributed by atoms with Crippen molar-refractivity contribution in [2.75, 3.05) is 23.9 Å². The average Bonchev–Trinajstić information content (AvgIpc) is 3.35. The second-order valence-electron chi connectivity index (χ2n) is 6.48. The van der Waals surface area contributed by atoms with E-state index in [1.165, 1.54) is 18.2 Å². The number of benzene rings is 2. The van der Waals surface area contributed by atoms with Gasteiger partial charge in [0.1, 0.15) is 11.6 Å². The predicted molar refractivity (Wildman–Crippen MR) is 101 cm³/mol. The van der Waals surface area contributed by atoms with Crippen LogP contribution in [0.5, 0.6) is 5.75 Å². The van der Waals surface area contributed by atoms with Gasteiger partial charge in [0, 0.05) is 18.7 Å². The highest BCUT2D eigenvalue weighted by Gasteiger charge is 2.35. The fraction of sp³-hybridized carbons (Fsp3) is 0.200. The molecule has 1 N–H and O–H groups in total. The summed E-state index contributed by atoms with van der Waals surface area (Å²) in [6.45, 7) is 0.369. The summed E-state index contributed by atoms with van der Waals surface area (Å²) in [6.07, 6.45) is 0.203. The summed E-state index contributed by atoms with van der Waals surface area (Å²) in [5, 5.41) is 10.1. The van der Waals surface area contributed by atoms with E-state index in [0.29, 0.717) is 12.3 Å². The highest BCUT2D eigenvalue weighted by Crippen LogP contribution is 2.32. The van der Waals surface area contributed by atoms with Crippen LogP contribution in [0.25, 0.3) is 0 Å². The Morgan fingerprint density at radius 3 is 2.69 bits per heavy atom. The minimum absolute atomic E-state index is 0.0738. The number of ether oxygens (including phenoxy) is 1. The molecule has 3 aromatic rings. The molecule has 29 heavy (non-hydrogen) atoms. The van der Waals surface area contributed by atoms with Crippen molar-refractivity contribution >= 4 is 23.5 Å². The Morgan fingerprint density at radius 1 is 1.21 bits per heavy atom. The number of nitrogens with zero attached hydrogens (tertiary/aromatic N) is 3. The number of methoxy groups -OCH3 is 1. The van der Waals surface area contributed by atoms with Crippen molar-refractivity contribution in [1.82, 2.24) is 10.2 Å². The van der Waals surface area contributed by atoms with Gasteiger partial charge in [-0.05, 0) is 36.4 Å². The van der Waals surface area contributed by atoms with Gasteiger partial charge >= 0.3 is 6.01 Å². The number of halogens is 1. The number of carbonyl (C=O) groups is 2. The smallest absolute Gasteiger partial charge is 0.322 e. The lowest BCUT2D eigenvalue weighted by Crippen LogP contribution is -2.24. The molecule has 0 aliphatic carbocycles. The average molecular weight is 396 g/mol. The van der Waals surface area contributed by atoms with Crippen LogP contribution >= 0.6 is 0 Å². The highest BCUT2D eigenvalue weighted by atomic mass is 19.1. The van der Waals surface area contributed by atoms with E-state index >= 15 is 0 Å². The molecule has 1 saturated heterocycles. The van der Waals surface area contributed by atoms with Gasteiger partial charge in [0.15, 0.2) is 0 Å². The van der Waals surface area contributed by atoms with Crippen molar-refractivity contribution in [3.8, 4) is 5.75 Å². The van der Waals surface area contributed by atoms with Gasteiger partial charge in [0.25, 0.3) is 5.91 Å². The maximum atomic E-state index is 13.7. The molecule has 2 aromatic carbocycles. The number of anilines is 2. The van der Waals surface area contributed by atoms with Gasteiger partial charge < -0.3 is 14.1 Å². The number of hydrogen-bond donors (Lipinski definition) is 1. The first-order valence-electron chi connectivity index (χ1n) is 8.89. The maximum Gasteiger partial charge on any atom is 0.322 e. The molecular weight excluding hydrogens is 379 g/mol. The first-order valence-corrected chi connectivity index (χ1v) is 8.89. The Labute approximate surface area is 165 Å². The molecule has 9 heteroatoms. The Hall–Kier alpha value is -3.75. The van der Waals surface area contributed by atoms with Gasteiger partial charge in [-0.15, -0.1) is 5.10 Å². The highest BCUT2D eigenvalue weighted by molar-refractivity contribution is 6.03. The third kappa shape index (κ3) is 3.79. The van der Waals surface area contributed by atoms with Crippen molar-refractivity contribution in [3.63, 3.8) is 0 Å². The molecule has 4 rings (SSSR count). The van der Waals surface area contributed by atoms with E-state index in [1.807, 2.05) is 0 Å². The third-order valence-corrected chi connectivity index (χ3v) is 4.64. The SMILES string of the molecule is COc1ccc(N2CC(c3nnc(NC(=O)c4ccccc4F)o3)CC2=O)cc1. The molecule has 1 fully saturated rings. The number of carbonyl (C=O) groups excluding carboxylic acids is 2. The van der Waals surface area contributed by atoms with Crippen LogP contribution in [0.3, 0.4) is 0 Å². The van der Waals surface area contributed by atoms with Crippen LogP contribution in [0, 0.1) is 5.82 Å². The zero-order chi connectivity index (χ0) is 20.4. The number of aromatic nitrogens is 2. The van der Waals surface area contributed by atoms with E-state index in [0.717, 1.165) is 5.69 Å². The molecule has 2 heterocycles. The van der Waals surface area contributed by atoms with E-state index < -0.39 is 11.7 Å².